The normalized spacial score (nSPS) is 20.5. The Labute approximate surface area is 177 Å². The van der Waals surface area contributed by atoms with Gasteiger partial charge in [-0.15, -0.1) is 0 Å². The number of carbonyl (C=O) groups excluding carboxylic acids is 1. The van der Waals surface area contributed by atoms with Crippen LogP contribution < -0.4 is 0 Å². The van der Waals surface area contributed by atoms with Crippen molar-refractivity contribution in [2.45, 2.75) is 37.8 Å². The fourth-order valence-electron chi connectivity index (χ4n) is 5.25. The van der Waals surface area contributed by atoms with Crippen LogP contribution in [-0.2, 0) is 11.2 Å². The number of hydrogen-bond donors (Lipinski definition) is 1. The number of hydrogen-bond acceptors (Lipinski definition) is 3. The predicted molar refractivity (Wildman–Crippen MR) is 116 cm³/mol. The van der Waals surface area contributed by atoms with Gasteiger partial charge in [0.15, 0.2) is 0 Å². The van der Waals surface area contributed by atoms with Gasteiger partial charge in [-0.1, -0.05) is 54.6 Å². The molecular formula is C25H27N3O2. The molecule has 2 aliphatic rings. The van der Waals surface area contributed by atoms with Gasteiger partial charge in [0.05, 0.1) is 36.3 Å². The van der Waals surface area contributed by atoms with E-state index in [4.69, 9.17) is 0 Å². The van der Waals surface area contributed by atoms with Crippen LogP contribution >= 0.6 is 0 Å². The van der Waals surface area contributed by atoms with Gasteiger partial charge in [0.2, 0.25) is 5.91 Å². The topological polar surface area (TPSA) is 58.4 Å². The van der Waals surface area contributed by atoms with Crippen LogP contribution in [0.25, 0.3) is 11.3 Å². The van der Waals surface area contributed by atoms with Gasteiger partial charge in [0.1, 0.15) is 0 Å². The van der Waals surface area contributed by atoms with Crippen molar-refractivity contribution in [2.75, 3.05) is 13.1 Å². The standard InChI is InChI=1S/C25H27N3O2/c1-25(30,24-21-10-6-5-9-20(21)22-16-26-17-28(22)24)19-11-13-27(14-12-19)23(29)15-18-7-3-2-4-8-18/h2-10,16-17,19,24,30H,11-15H2,1H3/t24-,25-/m0/s1. The highest BCUT2D eigenvalue weighted by Gasteiger charge is 2.46. The minimum Gasteiger partial charge on any atom is -0.387 e. The third-order valence-electron chi connectivity index (χ3n) is 6.90. The molecule has 1 N–H and O–H groups in total. The molecule has 0 radical (unpaired) electrons. The van der Waals surface area contributed by atoms with Crippen LogP contribution in [0, 0.1) is 5.92 Å². The zero-order chi connectivity index (χ0) is 20.7. The fraction of sp³-hybridized carbons (Fsp3) is 0.360. The minimum atomic E-state index is -0.920. The maximum absolute atomic E-state index is 12.7. The van der Waals surface area contributed by atoms with Gasteiger partial charge >= 0.3 is 0 Å². The first-order chi connectivity index (χ1) is 14.6. The van der Waals surface area contributed by atoms with Gasteiger partial charge in [-0.25, -0.2) is 4.98 Å². The van der Waals surface area contributed by atoms with Crippen LogP contribution in [0.1, 0.15) is 36.9 Å². The number of likely N-dealkylation sites (tertiary alicyclic amines) is 1. The molecule has 5 heteroatoms. The Balaban J connectivity index is 1.31. The first kappa shape index (κ1) is 19.1. The van der Waals surface area contributed by atoms with Gasteiger partial charge in [0, 0.05) is 18.7 Å². The van der Waals surface area contributed by atoms with E-state index in [-0.39, 0.29) is 17.9 Å². The number of benzene rings is 2. The molecule has 5 nitrogen and oxygen atoms in total. The molecule has 3 heterocycles. The Morgan fingerprint density at radius 2 is 1.80 bits per heavy atom. The van der Waals surface area contributed by atoms with Crippen molar-refractivity contribution in [3.63, 3.8) is 0 Å². The molecule has 2 atom stereocenters. The lowest BCUT2D eigenvalue weighted by molar-refractivity contribution is -0.134. The molecule has 1 amide bonds. The van der Waals surface area contributed by atoms with E-state index < -0.39 is 5.60 Å². The quantitative estimate of drug-likeness (QED) is 0.725. The smallest absolute Gasteiger partial charge is 0.226 e. The molecule has 0 aliphatic carbocycles. The zero-order valence-corrected chi connectivity index (χ0v) is 17.2. The van der Waals surface area contributed by atoms with E-state index in [1.807, 2.05) is 66.8 Å². The highest BCUT2D eigenvalue weighted by molar-refractivity contribution is 5.78. The number of nitrogens with zero attached hydrogens (tertiary/aromatic N) is 3. The third-order valence-corrected chi connectivity index (χ3v) is 6.90. The molecule has 2 aromatic carbocycles. The Bertz CT molecular complexity index is 1050. The number of imidazole rings is 1. The summed E-state index contributed by atoms with van der Waals surface area (Å²) in [5, 5.41) is 11.8. The van der Waals surface area contributed by atoms with Crippen molar-refractivity contribution in [3.05, 3.63) is 78.2 Å². The fourth-order valence-corrected chi connectivity index (χ4v) is 5.25. The molecule has 0 bridgehead atoms. The maximum atomic E-state index is 12.7. The molecule has 5 rings (SSSR count). The molecule has 3 aromatic rings. The van der Waals surface area contributed by atoms with E-state index in [1.165, 1.54) is 0 Å². The molecular weight excluding hydrogens is 374 g/mol. The van der Waals surface area contributed by atoms with Crippen LogP contribution in [-0.4, -0.2) is 44.2 Å². The minimum absolute atomic E-state index is 0.115. The lowest BCUT2D eigenvalue weighted by Gasteiger charge is -2.43. The Morgan fingerprint density at radius 3 is 2.57 bits per heavy atom. The molecule has 2 aliphatic heterocycles. The summed E-state index contributed by atoms with van der Waals surface area (Å²) in [6.07, 6.45) is 5.75. The number of rotatable bonds is 4. The summed E-state index contributed by atoms with van der Waals surface area (Å²) in [6.45, 7) is 3.34. The van der Waals surface area contributed by atoms with Gasteiger partial charge in [0.25, 0.3) is 0 Å². The average molecular weight is 402 g/mol. The number of aromatic nitrogens is 2. The molecule has 154 valence electrons. The molecule has 1 saturated heterocycles. The van der Waals surface area contributed by atoms with Gasteiger partial charge in [-0.3, -0.25) is 4.79 Å². The second-order valence-electron chi connectivity index (χ2n) is 8.72. The summed E-state index contributed by atoms with van der Waals surface area (Å²) in [7, 11) is 0. The van der Waals surface area contributed by atoms with E-state index in [1.54, 1.807) is 0 Å². The molecule has 0 saturated carbocycles. The zero-order valence-electron chi connectivity index (χ0n) is 17.2. The number of fused-ring (bicyclic) bond motifs is 3. The molecule has 30 heavy (non-hydrogen) atoms. The monoisotopic (exact) mass is 401 g/mol. The van der Waals surface area contributed by atoms with Gasteiger partial charge in [-0.05, 0) is 36.8 Å². The molecule has 0 unspecified atom stereocenters. The Hall–Kier alpha value is -2.92. The number of carbonyl (C=O) groups is 1. The van der Waals surface area contributed by atoms with Crippen LogP contribution in [0.5, 0.6) is 0 Å². The van der Waals surface area contributed by atoms with Crippen LogP contribution in [0.3, 0.4) is 0 Å². The largest absolute Gasteiger partial charge is 0.387 e. The second kappa shape index (κ2) is 7.40. The van der Waals surface area contributed by atoms with E-state index in [2.05, 4.69) is 21.7 Å². The van der Waals surface area contributed by atoms with Crippen LogP contribution in [0.4, 0.5) is 0 Å². The van der Waals surface area contributed by atoms with Crippen molar-refractivity contribution in [1.82, 2.24) is 14.5 Å². The first-order valence-corrected chi connectivity index (χ1v) is 10.7. The van der Waals surface area contributed by atoms with Gasteiger partial charge < -0.3 is 14.6 Å². The average Bonchev–Trinajstić information content (AvgIpc) is 3.35. The lowest BCUT2D eigenvalue weighted by atomic mass is 9.75. The molecule has 1 fully saturated rings. The first-order valence-electron chi connectivity index (χ1n) is 10.7. The number of aliphatic hydroxyl groups is 1. The summed E-state index contributed by atoms with van der Waals surface area (Å²) < 4.78 is 2.11. The number of piperidine rings is 1. The SMILES string of the molecule is C[C@](O)(C1CCN(C(=O)Cc2ccccc2)CC1)[C@@H]1c2ccccc2-c2cncn21. The Morgan fingerprint density at radius 1 is 1.10 bits per heavy atom. The summed E-state index contributed by atoms with van der Waals surface area (Å²) in [4.78, 5) is 19.0. The van der Waals surface area contributed by atoms with Crippen molar-refractivity contribution in [1.29, 1.82) is 0 Å². The van der Waals surface area contributed by atoms with E-state index in [0.29, 0.717) is 19.5 Å². The summed E-state index contributed by atoms with van der Waals surface area (Å²) in [5.74, 6) is 0.284. The second-order valence-corrected chi connectivity index (χ2v) is 8.72. The third kappa shape index (κ3) is 3.14. The van der Waals surface area contributed by atoms with Gasteiger partial charge in [-0.2, -0.15) is 0 Å². The van der Waals surface area contributed by atoms with Crippen molar-refractivity contribution in [2.24, 2.45) is 5.92 Å². The van der Waals surface area contributed by atoms with Crippen LogP contribution in [0.2, 0.25) is 0 Å². The maximum Gasteiger partial charge on any atom is 0.226 e. The van der Waals surface area contributed by atoms with Crippen LogP contribution in [0.15, 0.2) is 67.1 Å². The predicted octanol–water partition coefficient (Wildman–Crippen LogP) is 3.69. The molecule has 0 spiro atoms. The van der Waals surface area contributed by atoms with Crippen molar-refractivity contribution in [3.8, 4) is 11.3 Å². The number of amides is 1. The summed E-state index contributed by atoms with van der Waals surface area (Å²) in [5.41, 5.74) is 3.49. The van der Waals surface area contributed by atoms with Crippen molar-refractivity contribution < 1.29 is 9.90 Å². The molecule has 1 aromatic heterocycles. The highest BCUT2D eigenvalue weighted by Crippen LogP contribution is 2.48. The lowest BCUT2D eigenvalue weighted by Crippen LogP contribution is -2.49. The van der Waals surface area contributed by atoms with E-state index in [0.717, 1.165) is 35.2 Å². The van der Waals surface area contributed by atoms with E-state index >= 15 is 0 Å². The van der Waals surface area contributed by atoms with Crippen molar-refractivity contribution >= 4 is 5.91 Å². The Kier molecular flexibility index (Phi) is 4.70. The summed E-state index contributed by atoms with van der Waals surface area (Å²) >= 11 is 0. The highest BCUT2D eigenvalue weighted by atomic mass is 16.3. The summed E-state index contributed by atoms with van der Waals surface area (Å²) in [6, 6.07) is 18.0. The van der Waals surface area contributed by atoms with E-state index in [9.17, 15) is 9.90 Å².